The molecule has 0 amide bonds. The van der Waals surface area contributed by atoms with E-state index in [4.69, 9.17) is 0 Å². The Hall–Kier alpha value is -1.18. The SMILES string of the molecule is CCN1CCCC1CNS(=O)(=O)c1ccc(=O)[nH]c1. The number of pyridine rings is 1. The molecular formula is C12H19N3O3S. The molecule has 1 unspecified atom stereocenters. The minimum Gasteiger partial charge on any atom is -0.328 e. The zero-order chi connectivity index (χ0) is 13.9. The summed E-state index contributed by atoms with van der Waals surface area (Å²) in [7, 11) is -3.54. The minimum atomic E-state index is -3.54. The van der Waals surface area contributed by atoms with Crippen LogP contribution in [0.5, 0.6) is 0 Å². The van der Waals surface area contributed by atoms with Crippen molar-refractivity contribution in [2.45, 2.75) is 30.7 Å². The lowest BCUT2D eigenvalue weighted by Gasteiger charge is -2.22. The van der Waals surface area contributed by atoms with Gasteiger partial charge in [-0.2, -0.15) is 0 Å². The van der Waals surface area contributed by atoms with Gasteiger partial charge in [0.1, 0.15) is 0 Å². The van der Waals surface area contributed by atoms with E-state index in [1.807, 2.05) is 0 Å². The molecule has 2 heterocycles. The van der Waals surface area contributed by atoms with Gasteiger partial charge in [-0.3, -0.25) is 9.69 Å². The molecule has 1 aromatic heterocycles. The Labute approximate surface area is 112 Å². The van der Waals surface area contributed by atoms with Crippen LogP contribution in [0.4, 0.5) is 0 Å². The summed E-state index contributed by atoms with van der Waals surface area (Å²) >= 11 is 0. The van der Waals surface area contributed by atoms with Gasteiger partial charge in [0.25, 0.3) is 0 Å². The quantitative estimate of drug-likeness (QED) is 0.806. The van der Waals surface area contributed by atoms with Gasteiger partial charge in [0, 0.05) is 24.8 Å². The van der Waals surface area contributed by atoms with Gasteiger partial charge in [0.05, 0.1) is 4.90 Å². The van der Waals surface area contributed by atoms with Crippen LogP contribution in [0.25, 0.3) is 0 Å². The first-order valence-corrected chi connectivity index (χ1v) is 7.93. The summed E-state index contributed by atoms with van der Waals surface area (Å²) in [5.74, 6) is 0. The first kappa shape index (κ1) is 14.2. The van der Waals surface area contributed by atoms with Crippen LogP contribution < -0.4 is 10.3 Å². The van der Waals surface area contributed by atoms with Crippen LogP contribution in [0.1, 0.15) is 19.8 Å². The van der Waals surface area contributed by atoms with Gasteiger partial charge in [-0.1, -0.05) is 6.92 Å². The molecule has 0 saturated carbocycles. The predicted octanol–water partition coefficient (Wildman–Crippen LogP) is 0.138. The average Bonchev–Trinajstić information content (AvgIpc) is 2.84. The molecule has 106 valence electrons. The third-order valence-corrected chi connectivity index (χ3v) is 4.90. The van der Waals surface area contributed by atoms with E-state index in [0.717, 1.165) is 25.9 Å². The Morgan fingerprint density at radius 2 is 2.26 bits per heavy atom. The second-order valence-electron chi connectivity index (χ2n) is 4.67. The molecule has 1 aromatic rings. The van der Waals surface area contributed by atoms with Gasteiger partial charge in [0.2, 0.25) is 15.6 Å². The van der Waals surface area contributed by atoms with Crippen LogP contribution in [0.15, 0.2) is 28.0 Å². The number of hydrogen-bond acceptors (Lipinski definition) is 4. The summed E-state index contributed by atoms with van der Waals surface area (Å²) in [6, 6.07) is 2.79. The highest BCUT2D eigenvalue weighted by molar-refractivity contribution is 7.89. The minimum absolute atomic E-state index is 0.0909. The summed E-state index contributed by atoms with van der Waals surface area (Å²) in [6.45, 7) is 4.46. The summed E-state index contributed by atoms with van der Waals surface area (Å²) in [4.78, 5) is 15.7. The van der Waals surface area contributed by atoms with Crippen molar-refractivity contribution in [2.75, 3.05) is 19.6 Å². The zero-order valence-electron chi connectivity index (χ0n) is 10.9. The number of rotatable bonds is 5. The third-order valence-electron chi connectivity index (χ3n) is 3.48. The van der Waals surface area contributed by atoms with Crippen molar-refractivity contribution in [3.05, 3.63) is 28.7 Å². The Kier molecular flexibility index (Phi) is 4.38. The Balaban J connectivity index is 2.01. The van der Waals surface area contributed by atoms with Gasteiger partial charge in [-0.05, 0) is 32.0 Å². The standard InChI is InChI=1S/C12H19N3O3S/c1-2-15-7-3-4-10(15)8-14-19(17,18)11-5-6-12(16)13-9-11/h5-6,9-10,14H,2-4,7-8H2,1H3,(H,13,16). The molecule has 0 aliphatic carbocycles. The second kappa shape index (κ2) is 5.85. The summed E-state index contributed by atoms with van der Waals surface area (Å²) in [6.07, 6.45) is 3.35. The van der Waals surface area contributed by atoms with Crippen LogP contribution in [-0.4, -0.2) is 44.0 Å². The van der Waals surface area contributed by atoms with E-state index in [0.29, 0.717) is 6.54 Å². The maximum atomic E-state index is 12.0. The normalized spacial score (nSPS) is 20.8. The van der Waals surface area contributed by atoms with Crippen LogP contribution in [0.2, 0.25) is 0 Å². The number of sulfonamides is 1. The van der Waals surface area contributed by atoms with Crippen molar-refractivity contribution in [2.24, 2.45) is 0 Å². The molecule has 1 aliphatic heterocycles. The number of H-pyrrole nitrogens is 1. The van der Waals surface area contributed by atoms with Crippen molar-refractivity contribution in [1.29, 1.82) is 0 Å². The number of aromatic amines is 1. The van der Waals surface area contributed by atoms with E-state index in [1.165, 1.54) is 18.3 Å². The largest absolute Gasteiger partial charge is 0.328 e. The summed E-state index contributed by atoms with van der Waals surface area (Å²) < 4.78 is 26.7. The number of hydrogen-bond donors (Lipinski definition) is 2. The van der Waals surface area contributed by atoms with Gasteiger partial charge < -0.3 is 4.98 Å². The van der Waals surface area contributed by atoms with Crippen molar-refractivity contribution in [3.63, 3.8) is 0 Å². The van der Waals surface area contributed by atoms with E-state index in [1.54, 1.807) is 0 Å². The van der Waals surface area contributed by atoms with Crippen LogP contribution in [0, 0.1) is 0 Å². The molecule has 1 fully saturated rings. The molecule has 0 bridgehead atoms. The lowest BCUT2D eigenvalue weighted by molar-refractivity contribution is 0.268. The Morgan fingerprint density at radius 1 is 1.47 bits per heavy atom. The fraction of sp³-hybridized carbons (Fsp3) is 0.583. The van der Waals surface area contributed by atoms with Crippen molar-refractivity contribution in [1.82, 2.24) is 14.6 Å². The number of aromatic nitrogens is 1. The highest BCUT2D eigenvalue weighted by Crippen LogP contribution is 2.16. The predicted molar refractivity (Wildman–Crippen MR) is 72.5 cm³/mol. The highest BCUT2D eigenvalue weighted by atomic mass is 32.2. The van der Waals surface area contributed by atoms with Crippen molar-refractivity contribution in [3.8, 4) is 0 Å². The number of likely N-dealkylation sites (tertiary alicyclic amines) is 1. The van der Waals surface area contributed by atoms with Crippen LogP contribution in [0.3, 0.4) is 0 Å². The molecule has 2 N–H and O–H groups in total. The average molecular weight is 285 g/mol. The molecule has 0 radical (unpaired) electrons. The van der Waals surface area contributed by atoms with E-state index in [2.05, 4.69) is 21.5 Å². The second-order valence-corrected chi connectivity index (χ2v) is 6.43. The van der Waals surface area contributed by atoms with Gasteiger partial charge in [0.15, 0.2) is 0 Å². The fourth-order valence-corrected chi connectivity index (χ4v) is 3.44. The number of nitrogens with zero attached hydrogens (tertiary/aromatic N) is 1. The Morgan fingerprint density at radius 3 is 2.89 bits per heavy atom. The van der Waals surface area contributed by atoms with Gasteiger partial charge >= 0.3 is 0 Å². The summed E-state index contributed by atoms with van der Waals surface area (Å²) in [5, 5.41) is 0. The molecule has 1 saturated heterocycles. The van der Waals surface area contributed by atoms with Gasteiger partial charge in [-0.25, -0.2) is 13.1 Å². The van der Waals surface area contributed by atoms with Crippen molar-refractivity contribution >= 4 is 10.0 Å². The fourth-order valence-electron chi connectivity index (χ4n) is 2.40. The van der Waals surface area contributed by atoms with E-state index in [9.17, 15) is 13.2 Å². The number of likely N-dealkylation sites (N-methyl/N-ethyl adjacent to an activating group) is 1. The van der Waals surface area contributed by atoms with E-state index in [-0.39, 0.29) is 16.5 Å². The molecule has 6 nitrogen and oxygen atoms in total. The molecule has 0 aromatic carbocycles. The molecule has 19 heavy (non-hydrogen) atoms. The van der Waals surface area contributed by atoms with Crippen LogP contribution >= 0.6 is 0 Å². The maximum absolute atomic E-state index is 12.0. The molecule has 1 aliphatic rings. The molecule has 0 spiro atoms. The smallest absolute Gasteiger partial charge is 0.247 e. The third kappa shape index (κ3) is 3.43. The van der Waals surface area contributed by atoms with Crippen molar-refractivity contribution < 1.29 is 8.42 Å². The monoisotopic (exact) mass is 285 g/mol. The van der Waals surface area contributed by atoms with E-state index >= 15 is 0 Å². The highest BCUT2D eigenvalue weighted by Gasteiger charge is 2.25. The van der Waals surface area contributed by atoms with Crippen LogP contribution in [-0.2, 0) is 10.0 Å². The first-order valence-electron chi connectivity index (χ1n) is 6.45. The first-order chi connectivity index (χ1) is 9.03. The summed E-state index contributed by atoms with van der Waals surface area (Å²) in [5.41, 5.74) is -0.313. The Bertz CT molecular complexity index is 562. The zero-order valence-corrected chi connectivity index (χ0v) is 11.7. The maximum Gasteiger partial charge on any atom is 0.247 e. The van der Waals surface area contributed by atoms with E-state index < -0.39 is 10.0 Å². The molecule has 1 atom stereocenters. The molecule has 7 heteroatoms. The number of nitrogens with one attached hydrogen (secondary N) is 2. The molecular weight excluding hydrogens is 266 g/mol. The lowest BCUT2D eigenvalue weighted by Crippen LogP contribution is -2.40. The lowest BCUT2D eigenvalue weighted by atomic mass is 10.2. The van der Waals surface area contributed by atoms with Gasteiger partial charge in [-0.15, -0.1) is 0 Å². The molecule has 2 rings (SSSR count). The topological polar surface area (TPSA) is 82.3 Å².